The molecule has 5 nitrogen and oxygen atoms in total. The van der Waals surface area contributed by atoms with Crippen LogP contribution in [0, 0.1) is 11.7 Å². The van der Waals surface area contributed by atoms with E-state index in [-0.39, 0.29) is 35.1 Å². The molecule has 0 aliphatic rings. The average Bonchev–Trinajstić information content (AvgIpc) is 2.82. The van der Waals surface area contributed by atoms with Gasteiger partial charge in [-0.25, -0.2) is 9.07 Å². The van der Waals surface area contributed by atoms with Crippen molar-refractivity contribution in [3.05, 3.63) is 50.8 Å². The molecule has 1 amide bonds. The largest absolute Gasteiger partial charge is 0.347 e. The van der Waals surface area contributed by atoms with Gasteiger partial charge in [0, 0.05) is 0 Å². The Morgan fingerprint density at radius 3 is 2.57 bits per heavy atom. The lowest BCUT2D eigenvalue weighted by Gasteiger charge is -2.22. The number of carbonyl (C=O) groups is 1. The van der Waals surface area contributed by atoms with Gasteiger partial charge in [-0.2, -0.15) is 5.10 Å². The van der Waals surface area contributed by atoms with Crippen molar-refractivity contribution in [3.63, 3.8) is 0 Å². The molecule has 0 saturated heterocycles. The van der Waals surface area contributed by atoms with E-state index in [0.29, 0.717) is 0 Å². The van der Waals surface area contributed by atoms with Crippen LogP contribution in [0.4, 0.5) is 4.39 Å². The minimum absolute atomic E-state index is 0.118. The van der Waals surface area contributed by atoms with Crippen LogP contribution in [0.1, 0.15) is 25.5 Å². The Hall–Kier alpha value is -2.02. The summed E-state index contributed by atoms with van der Waals surface area (Å²) >= 11 is 0.944. The molecule has 0 aliphatic heterocycles. The van der Waals surface area contributed by atoms with Crippen LogP contribution in [0.25, 0.3) is 0 Å². The quantitative estimate of drug-likeness (QED) is 0.918. The number of rotatable bonds is 5. The number of nitrogens with one attached hydrogen (secondary N) is 1. The van der Waals surface area contributed by atoms with Crippen molar-refractivity contribution in [2.75, 3.05) is 0 Å². The number of aromatic nitrogens is 2. The summed E-state index contributed by atoms with van der Waals surface area (Å²) < 4.78 is 14.1. The van der Waals surface area contributed by atoms with Gasteiger partial charge in [-0.15, -0.1) is 0 Å². The molecule has 2 rings (SSSR count). The van der Waals surface area contributed by atoms with Crippen LogP contribution in [-0.2, 0) is 11.3 Å². The Morgan fingerprint density at radius 2 is 2.05 bits per heavy atom. The molecule has 112 valence electrons. The lowest BCUT2D eigenvalue weighted by atomic mass is 9.96. The van der Waals surface area contributed by atoms with Gasteiger partial charge >= 0.3 is 4.87 Å². The van der Waals surface area contributed by atoms with Crippen molar-refractivity contribution in [2.24, 2.45) is 5.92 Å². The van der Waals surface area contributed by atoms with E-state index >= 15 is 0 Å². The van der Waals surface area contributed by atoms with Crippen LogP contribution in [0.15, 0.2) is 34.6 Å². The summed E-state index contributed by atoms with van der Waals surface area (Å²) in [6.07, 6.45) is 0. The van der Waals surface area contributed by atoms with Gasteiger partial charge in [0.15, 0.2) is 0 Å². The number of nitrogens with zero attached hydrogens (tertiary/aromatic N) is 2. The minimum atomic E-state index is -0.318. The standard InChI is InChI=1S/C14H16FN3O2S/c1-9(2)13(10-3-5-11(15)6-4-10)17-12(19)7-18-14(20)21-8-16-18/h3-6,8-9,13H,7H2,1-2H3,(H,17,19)/t13-/m0/s1. The van der Waals surface area contributed by atoms with E-state index in [1.165, 1.54) is 17.6 Å². The molecule has 1 N–H and O–H groups in total. The van der Waals surface area contributed by atoms with Crippen molar-refractivity contribution in [2.45, 2.75) is 26.4 Å². The summed E-state index contributed by atoms with van der Waals surface area (Å²) in [5.41, 5.74) is 2.22. The van der Waals surface area contributed by atoms with Crippen LogP contribution in [0.2, 0.25) is 0 Å². The first-order chi connectivity index (χ1) is 9.97. The Balaban J connectivity index is 2.09. The van der Waals surface area contributed by atoms with Crippen LogP contribution in [-0.4, -0.2) is 15.7 Å². The lowest BCUT2D eigenvalue weighted by Crippen LogP contribution is -2.36. The third-order valence-electron chi connectivity index (χ3n) is 3.06. The molecule has 1 aromatic heterocycles. The molecule has 21 heavy (non-hydrogen) atoms. The average molecular weight is 309 g/mol. The summed E-state index contributed by atoms with van der Waals surface area (Å²) in [5.74, 6) is -0.487. The lowest BCUT2D eigenvalue weighted by molar-refractivity contribution is -0.123. The van der Waals surface area contributed by atoms with Crippen LogP contribution < -0.4 is 10.2 Å². The number of carbonyl (C=O) groups excluding carboxylic acids is 1. The van der Waals surface area contributed by atoms with Crippen LogP contribution >= 0.6 is 11.3 Å². The summed E-state index contributed by atoms with van der Waals surface area (Å²) in [7, 11) is 0. The molecule has 0 aliphatic carbocycles. The molecule has 0 spiro atoms. The molecule has 1 atom stereocenters. The fourth-order valence-electron chi connectivity index (χ4n) is 2.00. The van der Waals surface area contributed by atoms with E-state index in [0.717, 1.165) is 21.6 Å². The smallest absolute Gasteiger partial charge is 0.325 e. The van der Waals surface area contributed by atoms with E-state index in [9.17, 15) is 14.0 Å². The van der Waals surface area contributed by atoms with Crippen LogP contribution in [0.3, 0.4) is 0 Å². The molecule has 0 unspecified atom stereocenters. The molecular formula is C14H16FN3O2S. The molecule has 0 radical (unpaired) electrons. The first kappa shape index (κ1) is 15.4. The molecule has 2 aromatic rings. The molecular weight excluding hydrogens is 293 g/mol. The Morgan fingerprint density at radius 1 is 1.38 bits per heavy atom. The maximum absolute atomic E-state index is 13.0. The minimum Gasteiger partial charge on any atom is -0.347 e. The zero-order valence-corrected chi connectivity index (χ0v) is 12.6. The third kappa shape index (κ3) is 3.98. The van der Waals surface area contributed by atoms with Crippen molar-refractivity contribution in [1.29, 1.82) is 0 Å². The number of hydrogen-bond donors (Lipinski definition) is 1. The van der Waals surface area contributed by atoms with Crippen molar-refractivity contribution < 1.29 is 9.18 Å². The van der Waals surface area contributed by atoms with Gasteiger partial charge in [0.1, 0.15) is 17.9 Å². The van der Waals surface area contributed by atoms with E-state index in [1.807, 2.05) is 13.8 Å². The molecule has 1 aromatic carbocycles. The van der Waals surface area contributed by atoms with Gasteiger partial charge in [0.25, 0.3) is 0 Å². The highest BCUT2D eigenvalue weighted by Crippen LogP contribution is 2.21. The highest BCUT2D eigenvalue weighted by Gasteiger charge is 2.19. The third-order valence-corrected chi connectivity index (χ3v) is 3.67. The second-order valence-corrected chi connectivity index (χ2v) is 5.80. The van der Waals surface area contributed by atoms with Gasteiger partial charge in [-0.3, -0.25) is 9.59 Å². The predicted octanol–water partition coefficient (Wildman–Crippen LogP) is 1.96. The highest BCUT2D eigenvalue weighted by molar-refractivity contribution is 7.06. The van der Waals surface area contributed by atoms with Gasteiger partial charge in [0.05, 0.1) is 6.04 Å². The van der Waals surface area contributed by atoms with E-state index < -0.39 is 0 Å². The van der Waals surface area contributed by atoms with E-state index in [2.05, 4.69) is 10.4 Å². The number of benzene rings is 1. The fraction of sp³-hybridized carbons (Fsp3) is 0.357. The van der Waals surface area contributed by atoms with Crippen LogP contribution in [0.5, 0.6) is 0 Å². The summed E-state index contributed by atoms with van der Waals surface area (Å²) in [6, 6.07) is 5.78. The predicted molar refractivity (Wildman–Crippen MR) is 78.5 cm³/mol. The van der Waals surface area contributed by atoms with Gasteiger partial charge < -0.3 is 5.32 Å². The topological polar surface area (TPSA) is 64.0 Å². The highest BCUT2D eigenvalue weighted by atomic mass is 32.1. The normalized spacial score (nSPS) is 12.4. The van der Waals surface area contributed by atoms with Gasteiger partial charge in [-0.05, 0) is 23.6 Å². The summed E-state index contributed by atoms with van der Waals surface area (Å²) in [6.45, 7) is 3.80. The first-order valence-corrected chi connectivity index (χ1v) is 7.41. The summed E-state index contributed by atoms with van der Waals surface area (Å²) in [4.78, 5) is 23.1. The molecule has 0 bridgehead atoms. The zero-order valence-electron chi connectivity index (χ0n) is 11.7. The maximum Gasteiger partial charge on any atom is 0.325 e. The monoisotopic (exact) mass is 309 g/mol. The molecule has 0 fully saturated rings. The number of amides is 1. The van der Waals surface area contributed by atoms with Gasteiger partial charge in [-0.1, -0.05) is 37.3 Å². The fourth-order valence-corrected chi connectivity index (χ4v) is 2.48. The summed E-state index contributed by atoms with van der Waals surface area (Å²) in [5, 5.41) is 6.67. The molecule has 0 saturated carbocycles. The molecule has 1 heterocycles. The number of hydrogen-bond acceptors (Lipinski definition) is 4. The van der Waals surface area contributed by atoms with Gasteiger partial charge in [0.2, 0.25) is 5.91 Å². The Bertz CT molecular complexity index is 663. The Labute approximate surface area is 125 Å². The SMILES string of the molecule is CC(C)[C@H](NC(=O)Cn1ncsc1=O)c1ccc(F)cc1. The van der Waals surface area contributed by atoms with Crippen molar-refractivity contribution in [1.82, 2.24) is 15.1 Å². The Kier molecular flexibility index (Phi) is 4.85. The van der Waals surface area contributed by atoms with E-state index in [4.69, 9.17) is 0 Å². The zero-order chi connectivity index (χ0) is 15.4. The second kappa shape index (κ2) is 6.62. The molecule has 7 heteroatoms. The second-order valence-electron chi connectivity index (χ2n) is 5.00. The maximum atomic E-state index is 13.0. The van der Waals surface area contributed by atoms with Crippen molar-refractivity contribution >= 4 is 17.2 Å². The number of halogens is 1. The van der Waals surface area contributed by atoms with E-state index in [1.54, 1.807) is 12.1 Å². The first-order valence-electron chi connectivity index (χ1n) is 6.53. The van der Waals surface area contributed by atoms with Crippen molar-refractivity contribution in [3.8, 4) is 0 Å².